The van der Waals surface area contributed by atoms with Gasteiger partial charge in [-0.15, -0.1) is 0 Å². The lowest BCUT2D eigenvalue weighted by Crippen LogP contribution is -2.14. The van der Waals surface area contributed by atoms with E-state index < -0.39 is 5.97 Å². The molecule has 0 heterocycles. The SMILES string of the molecule is COC(=O)CC(C)CCCCCOc1ccccc1.COC(=O)CC(C)CCCOc1ccccc1.COC(=O)CC(C)COc1ccccc1.O=C(O)CCCCCCCOc1ccccc1. The highest BCUT2D eigenvalue weighted by Crippen LogP contribution is 2.17. The van der Waals surface area contributed by atoms with E-state index in [2.05, 4.69) is 28.1 Å². The van der Waals surface area contributed by atoms with E-state index in [0.29, 0.717) is 50.7 Å². The lowest BCUT2D eigenvalue weighted by Gasteiger charge is -2.11. The van der Waals surface area contributed by atoms with Crippen molar-refractivity contribution in [1.82, 2.24) is 0 Å². The van der Waals surface area contributed by atoms with Gasteiger partial charge in [0.05, 0.1) is 54.2 Å². The summed E-state index contributed by atoms with van der Waals surface area (Å²) in [4.78, 5) is 43.3. The number of rotatable bonds is 30. The van der Waals surface area contributed by atoms with Crippen LogP contribution in [0.1, 0.15) is 117 Å². The Balaban J connectivity index is 0.000000455. The van der Waals surface area contributed by atoms with Gasteiger partial charge in [0, 0.05) is 25.2 Å². The number of para-hydroxylation sites is 4. The minimum Gasteiger partial charge on any atom is -0.494 e. The molecular weight excluding hydrogens is 865 g/mol. The molecular formula is C56H80O12. The third-order valence-corrected chi connectivity index (χ3v) is 10.3. The number of carboxylic acids is 1. The van der Waals surface area contributed by atoms with E-state index >= 15 is 0 Å². The third-order valence-electron chi connectivity index (χ3n) is 10.3. The van der Waals surface area contributed by atoms with E-state index in [4.69, 9.17) is 24.1 Å². The smallest absolute Gasteiger partial charge is 0.305 e. The molecule has 0 aliphatic heterocycles. The van der Waals surface area contributed by atoms with E-state index in [-0.39, 0.29) is 23.8 Å². The van der Waals surface area contributed by atoms with Gasteiger partial charge in [-0.3, -0.25) is 19.2 Å². The van der Waals surface area contributed by atoms with E-state index in [1.807, 2.05) is 128 Å². The first kappa shape index (κ1) is 60.0. The van der Waals surface area contributed by atoms with Crippen LogP contribution in [-0.4, -0.2) is 76.7 Å². The van der Waals surface area contributed by atoms with Crippen LogP contribution in [-0.2, 0) is 33.4 Å². The molecule has 68 heavy (non-hydrogen) atoms. The fraction of sp³-hybridized carbons (Fsp3) is 0.500. The second-order valence-corrected chi connectivity index (χ2v) is 16.7. The summed E-state index contributed by atoms with van der Waals surface area (Å²) in [5, 5.41) is 8.46. The zero-order valence-corrected chi connectivity index (χ0v) is 41.7. The van der Waals surface area contributed by atoms with Crippen LogP contribution in [0, 0.1) is 17.8 Å². The number of methoxy groups -OCH3 is 3. The number of hydrogen-bond acceptors (Lipinski definition) is 11. The number of carbonyl (C=O) groups is 4. The molecule has 0 fully saturated rings. The molecule has 4 aromatic rings. The summed E-state index contributed by atoms with van der Waals surface area (Å²) in [7, 11) is 4.26. The van der Waals surface area contributed by atoms with Gasteiger partial charge in [-0.25, -0.2) is 0 Å². The lowest BCUT2D eigenvalue weighted by molar-refractivity contribution is -0.142. The zero-order chi connectivity index (χ0) is 49.9. The van der Waals surface area contributed by atoms with Crippen molar-refractivity contribution in [3.8, 4) is 23.0 Å². The fourth-order valence-corrected chi connectivity index (χ4v) is 6.35. The first-order chi connectivity index (χ1) is 32.9. The van der Waals surface area contributed by atoms with Crippen molar-refractivity contribution in [3.63, 3.8) is 0 Å². The standard InChI is InChI=1S/C16H24O3.2C14H20O3.C12H16O3/c1-14(13-16(17)18-2)9-5-4-8-12-19-15-10-6-3-7-11-15;1-12(11-14(15)16-2)7-6-10-17-13-8-4-3-5-9-13;15-14(16)11-7-2-1-3-8-12-17-13-9-5-4-6-10-13;1-10(8-12(13)14-2)9-15-11-6-4-3-5-7-11/h3,6-7,10-11,14H,4-5,8-9,12-13H2,1-2H3;3-5,8-9,12H,6-7,10-11H2,1-2H3;4-6,9-10H,1-3,7-8,11-12H2,(H,15,16);3-7,10H,8-9H2,1-2H3. The Kier molecular flexibility index (Phi) is 36.3. The van der Waals surface area contributed by atoms with Crippen LogP contribution >= 0.6 is 0 Å². The van der Waals surface area contributed by atoms with Gasteiger partial charge in [-0.2, -0.15) is 0 Å². The van der Waals surface area contributed by atoms with Gasteiger partial charge < -0.3 is 38.3 Å². The number of carbonyl (C=O) groups excluding carboxylic acids is 3. The van der Waals surface area contributed by atoms with Crippen LogP contribution in [0.2, 0.25) is 0 Å². The summed E-state index contributed by atoms with van der Waals surface area (Å²) < 4.78 is 36.1. The zero-order valence-electron chi connectivity index (χ0n) is 41.7. The first-order valence-corrected chi connectivity index (χ1v) is 24.1. The van der Waals surface area contributed by atoms with Gasteiger partial charge in [0.15, 0.2) is 0 Å². The summed E-state index contributed by atoms with van der Waals surface area (Å²) in [6, 6.07) is 39.0. The molecule has 0 bridgehead atoms. The molecule has 376 valence electrons. The minimum absolute atomic E-state index is 0.111. The fourth-order valence-electron chi connectivity index (χ4n) is 6.35. The summed E-state index contributed by atoms with van der Waals surface area (Å²) in [5.74, 6) is 3.35. The van der Waals surface area contributed by atoms with E-state index in [1.54, 1.807) is 0 Å². The predicted molar refractivity (Wildman–Crippen MR) is 268 cm³/mol. The minimum atomic E-state index is -0.697. The maximum atomic E-state index is 11.1. The van der Waals surface area contributed by atoms with Crippen LogP contribution in [0.4, 0.5) is 0 Å². The van der Waals surface area contributed by atoms with Gasteiger partial charge in [0.25, 0.3) is 0 Å². The molecule has 1 N–H and O–H groups in total. The first-order valence-electron chi connectivity index (χ1n) is 24.1. The molecule has 0 spiro atoms. The molecule has 0 radical (unpaired) electrons. The average Bonchev–Trinajstić information content (AvgIpc) is 3.35. The van der Waals surface area contributed by atoms with Crippen molar-refractivity contribution < 1.29 is 57.4 Å². The molecule has 0 aliphatic carbocycles. The number of ether oxygens (including phenoxy) is 7. The van der Waals surface area contributed by atoms with Crippen molar-refractivity contribution in [1.29, 1.82) is 0 Å². The highest BCUT2D eigenvalue weighted by molar-refractivity contribution is 5.70. The van der Waals surface area contributed by atoms with E-state index in [0.717, 1.165) is 107 Å². The Morgan fingerprint density at radius 2 is 0.706 bits per heavy atom. The van der Waals surface area contributed by atoms with Gasteiger partial charge in [-0.05, 0) is 92.5 Å². The van der Waals surface area contributed by atoms with Crippen molar-refractivity contribution in [2.24, 2.45) is 17.8 Å². The van der Waals surface area contributed by atoms with Crippen LogP contribution in [0.15, 0.2) is 121 Å². The van der Waals surface area contributed by atoms with Crippen LogP contribution < -0.4 is 18.9 Å². The summed E-state index contributed by atoms with van der Waals surface area (Å²) >= 11 is 0. The molecule has 0 aliphatic rings. The Morgan fingerprint density at radius 3 is 1.09 bits per heavy atom. The Morgan fingerprint density at radius 1 is 0.397 bits per heavy atom. The average molecular weight is 945 g/mol. The van der Waals surface area contributed by atoms with Crippen molar-refractivity contribution in [2.45, 2.75) is 117 Å². The second-order valence-electron chi connectivity index (χ2n) is 16.7. The quantitative estimate of drug-likeness (QED) is 0.0301. The molecule has 0 aromatic heterocycles. The molecule has 4 rings (SSSR count). The van der Waals surface area contributed by atoms with Crippen molar-refractivity contribution in [3.05, 3.63) is 121 Å². The van der Waals surface area contributed by atoms with Crippen LogP contribution in [0.3, 0.4) is 0 Å². The number of unbranched alkanes of at least 4 members (excludes halogenated alkanes) is 6. The maximum Gasteiger partial charge on any atom is 0.305 e. The van der Waals surface area contributed by atoms with Crippen molar-refractivity contribution in [2.75, 3.05) is 47.8 Å². The van der Waals surface area contributed by atoms with Gasteiger partial charge in [0.2, 0.25) is 0 Å². The molecule has 12 heteroatoms. The number of aliphatic carboxylic acids is 1. The summed E-state index contributed by atoms with van der Waals surface area (Å²) in [6.45, 7) is 8.82. The number of benzene rings is 4. The summed E-state index contributed by atoms with van der Waals surface area (Å²) in [6.07, 6.45) is 13.0. The van der Waals surface area contributed by atoms with Crippen LogP contribution in [0.25, 0.3) is 0 Å². The molecule has 3 unspecified atom stereocenters. The van der Waals surface area contributed by atoms with Crippen molar-refractivity contribution >= 4 is 23.9 Å². The lowest BCUT2D eigenvalue weighted by atomic mass is 10.00. The number of hydrogen-bond donors (Lipinski definition) is 1. The third kappa shape index (κ3) is 36.1. The Hall–Kier alpha value is -6.04. The normalized spacial score (nSPS) is 11.4. The number of esters is 3. The largest absolute Gasteiger partial charge is 0.494 e. The Bertz CT molecular complexity index is 1810. The molecule has 0 saturated heterocycles. The predicted octanol–water partition coefficient (Wildman–Crippen LogP) is 12.6. The topological polar surface area (TPSA) is 153 Å². The second kappa shape index (κ2) is 41.2. The highest BCUT2D eigenvalue weighted by Gasteiger charge is 2.11. The molecule has 0 amide bonds. The monoisotopic (exact) mass is 945 g/mol. The van der Waals surface area contributed by atoms with E-state index in [1.165, 1.54) is 21.3 Å². The molecule has 0 saturated carbocycles. The Labute approximate surface area is 407 Å². The number of carboxylic acid groups (broad SMARTS) is 1. The van der Waals surface area contributed by atoms with E-state index in [9.17, 15) is 19.2 Å². The van der Waals surface area contributed by atoms with Gasteiger partial charge >= 0.3 is 23.9 Å². The molecule has 4 aromatic carbocycles. The summed E-state index contributed by atoms with van der Waals surface area (Å²) in [5.41, 5.74) is 0. The van der Waals surface area contributed by atoms with Gasteiger partial charge in [0.1, 0.15) is 23.0 Å². The van der Waals surface area contributed by atoms with Gasteiger partial charge in [-0.1, -0.05) is 132 Å². The van der Waals surface area contributed by atoms with Crippen LogP contribution in [0.5, 0.6) is 23.0 Å². The maximum absolute atomic E-state index is 11.1. The highest BCUT2D eigenvalue weighted by atomic mass is 16.5. The molecule has 12 nitrogen and oxygen atoms in total. The molecule has 3 atom stereocenters.